The minimum atomic E-state index is -4.29. The van der Waals surface area contributed by atoms with Crippen LogP contribution in [0, 0.1) is 22.6 Å². The number of aromatic nitrogens is 3. The molecule has 1 spiro atoms. The predicted octanol–water partition coefficient (Wildman–Crippen LogP) is 4.77. The number of benzene rings is 2. The molecule has 2 aromatic heterocycles. The molecule has 2 aromatic carbocycles. The van der Waals surface area contributed by atoms with Crippen LogP contribution in [0.3, 0.4) is 0 Å². The SMILES string of the molecule is CC(Cn1c(C#N)cc2c(F)cc(CN3CCC4(CC3)CN(c3ncnc5ccc(CC(F)(F)F)cc35)C4)cc21)N1CCN(S(C)(=O)=O)CC1. The van der Waals surface area contributed by atoms with Crippen molar-refractivity contribution in [2.24, 2.45) is 5.41 Å². The molecule has 0 N–H and O–H groups in total. The maximum atomic E-state index is 15.5. The first-order chi connectivity index (χ1) is 23.7. The third kappa shape index (κ3) is 7.03. The van der Waals surface area contributed by atoms with Crippen LogP contribution in [0.1, 0.15) is 36.6 Å². The molecule has 7 rings (SSSR count). The number of likely N-dealkylation sites (tertiary alicyclic amines) is 1. The lowest BCUT2D eigenvalue weighted by Gasteiger charge is -2.54. The zero-order valence-corrected chi connectivity index (χ0v) is 28.9. The number of piperazine rings is 1. The number of rotatable bonds is 8. The molecular formula is C35H40F4N8O2S. The molecule has 0 bridgehead atoms. The zero-order valence-electron chi connectivity index (χ0n) is 28.1. The second-order valence-corrected chi connectivity index (χ2v) is 16.3. The van der Waals surface area contributed by atoms with Gasteiger partial charge < -0.3 is 9.47 Å². The number of alkyl halides is 3. The number of nitrogens with zero attached hydrogens (tertiary/aromatic N) is 8. The second-order valence-electron chi connectivity index (χ2n) is 14.3. The van der Waals surface area contributed by atoms with Crippen molar-refractivity contribution in [1.29, 1.82) is 5.26 Å². The summed E-state index contributed by atoms with van der Waals surface area (Å²) in [5, 5.41) is 11.0. The summed E-state index contributed by atoms with van der Waals surface area (Å²) in [6.07, 6.45) is -0.724. The van der Waals surface area contributed by atoms with Crippen LogP contribution in [0.5, 0.6) is 0 Å². The molecule has 10 nitrogen and oxygen atoms in total. The molecule has 15 heteroatoms. The van der Waals surface area contributed by atoms with E-state index < -0.39 is 22.6 Å². The summed E-state index contributed by atoms with van der Waals surface area (Å²) in [7, 11) is -3.24. The number of fused-ring (bicyclic) bond motifs is 2. The van der Waals surface area contributed by atoms with Crippen molar-refractivity contribution in [3.8, 4) is 6.07 Å². The van der Waals surface area contributed by atoms with E-state index in [9.17, 15) is 26.9 Å². The van der Waals surface area contributed by atoms with Gasteiger partial charge >= 0.3 is 6.18 Å². The summed E-state index contributed by atoms with van der Waals surface area (Å²) in [4.78, 5) is 15.4. The van der Waals surface area contributed by atoms with E-state index in [1.54, 1.807) is 24.3 Å². The van der Waals surface area contributed by atoms with Crippen LogP contribution < -0.4 is 4.90 Å². The van der Waals surface area contributed by atoms with E-state index in [4.69, 9.17) is 0 Å². The Morgan fingerprint density at radius 3 is 2.34 bits per heavy atom. The molecule has 1 atom stereocenters. The highest BCUT2D eigenvalue weighted by molar-refractivity contribution is 7.88. The van der Waals surface area contributed by atoms with Gasteiger partial charge in [0, 0.05) is 74.6 Å². The van der Waals surface area contributed by atoms with Crippen molar-refractivity contribution in [3.05, 3.63) is 65.4 Å². The number of sulfonamides is 1. The van der Waals surface area contributed by atoms with E-state index in [0.29, 0.717) is 72.6 Å². The van der Waals surface area contributed by atoms with E-state index >= 15 is 4.39 Å². The molecule has 0 aliphatic carbocycles. The molecule has 4 aromatic rings. The highest BCUT2D eigenvalue weighted by atomic mass is 32.2. The van der Waals surface area contributed by atoms with E-state index in [-0.39, 0.29) is 22.8 Å². The molecule has 0 amide bonds. The molecule has 3 aliphatic heterocycles. The van der Waals surface area contributed by atoms with Crippen LogP contribution >= 0.6 is 0 Å². The monoisotopic (exact) mass is 712 g/mol. The summed E-state index contributed by atoms with van der Waals surface area (Å²) in [6, 6.07) is 12.0. The van der Waals surface area contributed by atoms with Gasteiger partial charge in [0.25, 0.3) is 0 Å². The summed E-state index contributed by atoms with van der Waals surface area (Å²) in [5.41, 5.74) is 2.80. The zero-order chi connectivity index (χ0) is 35.4. The van der Waals surface area contributed by atoms with Gasteiger partial charge in [-0.2, -0.15) is 22.7 Å². The van der Waals surface area contributed by atoms with Crippen molar-refractivity contribution in [1.82, 2.24) is 28.6 Å². The number of piperidine rings is 1. The van der Waals surface area contributed by atoms with Crippen molar-refractivity contribution >= 4 is 37.6 Å². The quantitative estimate of drug-likeness (QED) is 0.241. The van der Waals surface area contributed by atoms with Gasteiger partial charge in [-0.05, 0) is 74.3 Å². The molecule has 266 valence electrons. The first-order valence-electron chi connectivity index (χ1n) is 16.9. The van der Waals surface area contributed by atoms with Gasteiger partial charge in [0.1, 0.15) is 29.7 Å². The van der Waals surface area contributed by atoms with Crippen LogP contribution in [-0.4, -0.2) is 108 Å². The highest BCUT2D eigenvalue weighted by Gasteiger charge is 2.45. The van der Waals surface area contributed by atoms with Crippen molar-refractivity contribution in [2.75, 3.05) is 63.5 Å². The molecule has 0 saturated carbocycles. The van der Waals surface area contributed by atoms with Crippen LogP contribution in [0.4, 0.5) is 23.4 Å². The standard InChI is InChI=1S/C35H40F4N8O2S/c1-24(44-9-11-46(12-10-44)50(2,48)49)19-47-27(18-40)16-28-30(36)14-26(15-32(28)47)20-43-7-5-34(6-8-43)21-45(22-34)33-29-13-25(17-35(37,38)39)3-4-31(29)41-23-42-33/h3-4,13-16,23-24H,5-12,17,19-22H2,1-2H3. The second kappa shape index (κ2) is 13.0. The van der Waals surface area contributed by atoms with Gasteiger partial charge in [0.2, 0.25) is 10.0 Å². The fourth-order valence-corrected chi connectivity index (χ4v) is 8.79. The lowest BCUT2D eigenvalue weighted by Crippen LogP contribution is -2.60. The van der Waals surface area contributed by atoms with E-state index in [2.05, 4.69) is 30.7 Å². The Bertz CT molecular complexity index is 2050. The largest absolute Gasteiger partial charge is 0.393 e. The Morgan fingerprint density at radius 2 is 1.68 bits per heavy atom. The van der Waals surface area contributed by atoms with Crippen LogP contribution in [0.25, 0.3) is 21.8 Å². The number of hydrogen-bond acceptors (Lipinski definition) is 8. The van der Waals surface area contributed by atoms with Gasteiger partial charge in [-0.25, -0.2) is 22.8 Å². The molecule has 3 saturated heterocycles. The molecule has 0 radical (unpaired) electrons. The van der Waals surface area contributed by atoms with Crippen molar-refractivity contribution < 1.29 is 26.0 Å². The summed E-state index contributed by atoms with van der Waals surface area (Å²) in [5.74, 6) is 0.307. The van der Waals surface area contributed by atoms with Crippen LogP contribution in [-0.2, 0) is 29.5 Å². The number of anilines is 1. The fourth-order valence-electron chi connectivity index (χ4n) is 7.96. The topological polar surface area (TPSA) is 102 Å². The summed E-state index contributed by atoms with van der Waals surface area (Å²) in [6.45, 7) is 8.28. The Balaban J connectivity index is 0.999. The van der Waals surface area contributed by atoms with Gasteiger partial charge in [0.15, 0.2) is 0 Å². The Labute approximate surface area is 288 Å². The highest BCUT2D eigenvalue weighted by Crippen LogP contribution is 2.44. The molecule has 3 fully saturated rings. The van der Waals surface area contributed by atoms with E-state index in [1.807, 2.05) is 17.6 Å². The summed E-state index contributed by atoms with van der Waals surface area (Å²) < 4.78 is 81.9. The lowest BCUT2D eigenvalue weighted by molar-refractivity contribution is -0.127. The maximum absolute atomic E-state index is 15.5. The number of hydrogen-bond donors (Lipinski definition) is 0. The average molecular weight is 713 g/mol. The molecule has 50 heavy (non-hydrogen) atoms. The predicted molar refractivity (Wildman–Crippen MR) is 183 cm³/mol. The number of halogens is 4. The van der Waals surface area contributed by atoms with Crippen molar-refractivity contribution in [3.63, 3.8) is 0 Å². The van der Waals surface area contributed by atoms with Crippen LogP contribution in [0.15, 0.2) is 42.7 Å². The van der Waals surface area contributed by atoms with Crippen molar-refractivity contribution in [2.45, 2.75) is 51.5 Å². The number of nitriles is 1. The van der Waals surface area contributed by atoms with Gasteiger partial charge in [-0.15, -0.1) is 0 Å². The van der Waals surface area contributed by atoms with E-state index in [1.165, 1.54) is 23.0 Å². The van der Waals surface area contributed by atoms with Crippen LogP contribution in [0.2, 0.25) is 0 Å². The fraction of sp³-hybridized carbons (Fsp3) is 0.514. The minimum Gasteiger partial charge on any atom is -0.355 e. The molecule has 5 heterocycles. The average Bonchev–Trinajstić information content (AvgIpc) is 3.40. The third-order valence-corrected chi connectivity index (χ3v) is 12.0. The van der Waals surface area contributed by atoms with E-state index in [0.717, 1.165) is 44.6 Å². The molecule has 3 aliphatic rings. The maximum Gasteiger partial charge on any atom is 0.393 e. The Hall–Kier alpha value is -3.84. The Kier molecular flexibility index (Phi) is 9.03. The summed E-state index contributed by atoms with van der Waals surface area (Å²) >= 11 is 0. The third-order valence-electron chi connectivity index (χ3n) is 10.7. The van der Waals surface area contributed by atoms with Gasteiger partial charge in [-0.3, -0.25) is 9.80 Å². The molecular weight excluding hydrogens is 672 g/mol. The van der Waals surface area contributed by atoms with Gasteiger partial charge in [0.05, 0.1) is 23.7 Å². The van der Waals surface area contributed by atoms with Gasteiger partial charge in [-0.1, -0.05) is 6.07 Å². The first kappa shape index (κ1) is 34.6. The molecule has 1 unspecified atom stereocenters. The lowest BCUT2D eigenvalue weighted by atomic mass is 9.72. The first-order valence-corrected chi connectivity index (χ1v) is 18.7. The normalized spacial score (nSPS) is 20.0. The Morgan fingerprint density at radius 1 is 0.960 bits per heavy atom. The minimum absolute atomic E-state index is 0.00808. The smallest absolute Gasteiger partial charge is 0.355 e.